The zero-order valence-electron chi connectivity index (χ0n) is 18.1. The van der Waals surface area contributed by atoms with Crippen LogP contribution in [0.1, 0.15) is 38.8 Å². The molecule has 0 aromatic heterocycles. The smallest absolute Gasteiger partial charge is 0.279 e. The van der Waals surface area contributed by atoms with Gasteiger partial charge in [-0.3, -0.25) is 25.2 Å². The third-order valence-electron chi connectivity index (χ3n) is 4.98. The van der Waals surface area contributed by atoms with Gasteiger partial charge in [0.15, 0.2) is 6.10 Å². The van der Waals surface area contributed by atoms with Crippen LogP contribution in [0, 0.1) is 13.8 Å². The summed E-state index contributed by atoms with van der Waals surface area (Å²) in [4.78, 5) is 37.5. The molecule has 3 aromatic rings. The average Bonchev–Trinajstić information content (AvgIpc) is 2.81. The molecule has 0 aliphatic carbocycles. The van der Waals surface area contributed by atoms with Crippen LogP contribution in [0.15, 0.2) is 72.8 Å². The molecule has 0 aliphatic heterocycles. The molecule has 0 bridgehead atoms. The van der Waals surface area contributed by atoms with Gasteiger partial charge in [-0.05, 0) is 62.2 Å². The molecule has 1 atom stereocenters. The quantitative estimate of drug-likeness (QED) is 0.518. The van der Waals surface area contributed by atoms with Crippen LogP contribution in [-0.4, -0.2) is 23.8 Å². The molecule has 0 aliphatic rings. The summed E-state index contributed by atoms with van der Waals surface area (Å²) in [5.74, 6) is -0.815. The number of carbonyl (C=O) groups is 3. The number of rotatable bonds is 6. The second-order valence-electron chi connectivity index (χ2n) is 7.27. The molecule has 3 amide bonds. The molecule has 0 radical (unpaired) electrons. The molecule has 3 aromatic carbocycles. The summed E-state index contributed by atoms with van der Waals surface area (Å²) in [5, 5.41) is 2.73. The Hall–Kier alpha value is -4.13. The second-order valence-corrected chi connectivity index (χ2v) is 7.27. The number of hydrogen-bond donors (Lipinski definition) is 3. The fraction of sp³-hybridized carbons (Fsp3) is 0.160. The van der Waals surface area contributed by atoms with Gasteiger partial charge in [0.05, 0.1) is 11.3 Å². The van der Waals surface area contributed by atoms with Crippen molar-refractivity contribution in [1.82, 2.24) is 10.9 Å². The number of hydrazine groups is 1. The van der Waals surface area contributed by atoms with Gasteiger partial charge in [-0.1, -0.05) is 42.5 Å². The Morgan fingerprint density at radius 2 is 1.47 bits per heavy atom. The topological polar surface area (TPSA) is 96.5 Å². The van der Waals surface area contributed by atoms with E-state index in [1.807, 2.05) is 32.0 Å². The first-order chi connectivity index (χ1) is 15.4. The molecule has 0 unspecified atom stereocenters. The summed E-state index contributed by atoms with van der Waals surface area (Å²) in [7, 11) is 0. The molecule has 0 heterocycles. The van der Waals surface area contributed by atoms with Gasteiger partial charge in [0.1, 0.15) is 5.75 Å². The minimum Gasteiger partial charge on any atom is -0.481 e. The first-order valence-corrected chi connectivity index (χ1v) is 10.2. The average molecular weight is 431 g/mol. The highest BCUT2D eigenvalue weighted by molar-refractivity contribution is 6.09. The largest absolute Gasteiger partial charge is 0.481 e. The van der Waals surface area contributed by atoms with Crippen LogP contribution in [0.5, 0.6) is 5.75 Å². The Kier molecular flexibility index (Phi) is 7.23. The molecule has 0 spiro atoms. The minimum absolute atomic E-state index is 0.209. The Balaban J connectivity index is 1.62. The van der Waals surface area contributed by atoms with Crippen LogP contribution >= 0.6 is 0 Å². The van der Waals surface area contributed by atoms with E-state index in [4.69, 9.17) is 4.74 Å². The van der Waals surface area contributed by atoms with E-state index < -0.39 is 17.9 Å². The molecular weight excluding hydrogens is 406 g/mol. The zero-order valence-corrected chi connectivity index (χ0v) is 18.1. The van der Waals surface area contributed by atoms with E-state index in [0.717, 1.165) is 11.1 Å². The van der Waals surface area contributed by atoms with Crippen molar-refractivity contribution in [1.29, 1.82) is 0 Å². The Bertz CT molecular complexity index is 1130. The van der Waals surface area contributed by atoms with Crippen molar-refractivity contribution in [2.45, 2.75) is 26.9 Å². The van der Waals surface area contributed by atoms with Crippen molar-refractivity contribution in [2.75, 3.05) is 5.32 Å². The Labute approximate surface area is 186 Å². The fourth-order valence-corrected chi connectivity index (χ4v) is 2.96. The van der Waals surface area contributed by atoms with E-state index in [1.165, 1.54) is 0 Å². The highest BCUT2D eigenvalue weighted by Crippen LogP contribution is 2.21. The molecule has 3 rings (SSSR count). The lowest BCUT2D eigenvalue weighted by atomic mass is 10.1. The van der Waals surface area contributed by atoms with E-state index >= 15 is 0 Å². The maximum atomic E-state index is 12.6. The lowest BCUT2D eigenvalue weighted by Gasteiger charge is -2.18. The second kappa shape index (κ2) is 10.3. The standard InChI is InChI=1S/C25H25N3O4/c1-16-10-9-15-22(17(16)2)32-18(3)23(29)27-28-25(31)20-13-7-8-14-21(20)26-24(30)19-11-5-4-6-12-19/h4-15,18H,1-3H3,(H,26,30)(H,27,29)(H,28,31)/t18-/m0/s1. The number of aryl methyl sites for hydroxylation is 1. The number of ether oxygens (including phenoxy) is 1. The molecule has 7 nitrogen and oxygen atoms in total. The van der Waals surface area contributed by atoms with Crippen LogP contribution in [0.3, 0.4) is 0 Å². The van der Waals surface area contributed by atoms with Gasteiger partial charge in [-0.2, -0.15) is 0 Å². The number of hydrogen-bond acceptors (Lipinski definition) is 4. The van der Waals surface area contributed by atoms with Gasteiger partial charge in [0.25, 0.3) is 17.7 Å². The van der Waals surface area contributed by atoms with Crippen molar-refractivity contribution >= 4 is 23.4 Å². The van der Waals surface area contributed by atoms with E-state index in [2.05, 4.69) is 16.2 Å². The molecule has 164 valence electrons. The third-order valence-corrected chi connectivity index (χ3v) is 4.98. The normalized spacial score (nSPS) is 11.2. The predicted molar refractivity (Wildman–Crippen MR) is 122 cm³/mol. The summed E-state index contributed by atoms with van der Waals surface area (Å²) in [6.07, 6.45) is -0.830. The summed E-state index contributed by atoms with van der Waals surface area (Å²) >= 11 is 0. The maximum absolute atomic E-state index is 12.6. The van der Waals surface area contributed by atoms with Crippen molar-refractivity contribution in [3.63, 3.8) is 0 Å². The monoisotopic (exact) mass is 431 g/mol. The van der Waals surface area contributed by atoms with E-state index in [9.17, 15) is 14.4 Å². The number of amides is 3. The lowest BCUT2D eigenvalue weighted by molar-refractivity contribution is -0.128. The molecule has 7 heteroatoms. The molecular formula is C25H25N3O4. The molecule has 0 saturated carbocycles. The first kappa shape index (κ1) is 22.6. The van der Waals surface area contributed by atoms with Crippen LogP contribution < -0.4 is 20.9 Å². The number of carbonyl (C=O) groups excluding carboxylic acids is 3. The van der Waals surface area contributed by atoms with Crippen molar-refractivity contribution in [3.8, 4) is 5.75 Å². The van der Waals surface area contributed by atoms with E-state index in [-0.39, 0.29) is 11.5 Å². The number of benzene rings is 3. The maximum Gasteiger partial charge on any atom is 0.279 e. The highest BCUT2D eigenvalue weighted by atomic mass is 16.5. The van der Waals surface area contributed by atoms with Crippen LogP contribution in [0.4, 0.5) is 5.69 Å². The number of para-hydroxylation sites is 1. The minimum atomic E-state index is -0.830. The van der Waals surface area contributed by atoms with Gasteiger partial charge in [0, 0.05) is 5.56 Å². The van der Waals surface area contributed by atoms with E-state index in [0.29, 0.717) is 17.0 Å². The Morgan fingerprint density at radius 3 is 2.22 bits per heavy atom. The summed E-state index contributed by atoms with van der Waals surface area (Å²) < 4.78 is 5.73. The molecule has 3 N–H and O–H groups in total. The van der Waals surface area contributed by atoms with Crippen LogP contribution in [0.25, 0.3) is 0 Å². The van der Waals surface area contributed by atoms with Crippen molar-refractivity contribution in [3.05, 3.63) is 95.1 Å². The Morgan fingerprint density at radius 1 is 0.781 bits per heavy atom. The SMILES string of the molecule is Cc1cccc(O[C@@H](C)C(=O)NNC(=O)c2ccccc2NC(=O)c2ccccc2)c1C. The highest BCUT2D eigenvalue weighted by Gasteiger charge is 2.19. The van der Waals surface area contributed by atoms with Gasteiger partial charge < -0.3 is 10.1 Å². The lowest BCUT2D eigenvalue weighted by Crippen LogP contribution is -2.47. The van der Waals surface area contributed by atoms with Gasteiger partial charge in [0.2, 0.25) is 0 Å². The molecule has 0 saturated heterocycles. The summed E-state index contributed by atoms with van der Waals surface area (Å²) in [6, 6.07) is 20.8. The number of anilines is 1. The molecule has 0 fully saturated rings. The van der Waals surface area contributed by atoms with E-state index in [1.54, 1.807) is 61.5 Å². The van der Waals surface area contributed by atoms with Crippen molar-refractivity contribution in [2.24, 2.45) is 0 Å². The van der Waals surface area contributed by atoms with Gasteiger partial charge in [-0.15, -0.1) is 0 Å². The number of nitrogens with one attached hydrogen (secondary N) is 3. The summed E-state index contributed by atoms with van der Waals surface area (Å²) in [6.45, 7) is 5.47. The fourth-order valence-electron chi connectivity index (χ4n) is 2.96. The van der Waals surface area contributed by atoms with Gasteiger partial charge in [-0.25, -0.2) is 0 Å². The van der Waals surface area contributed by atoms with Crippen molar-refractivity contribution < 1.29 is 19.1 Å². The van der Waals surface area contributed by atoms with Gasteiger partial charge >= 0.3 is 0 Å². The predicted octanol–water partition coefficient (Wildman–Crippen LogP) is 3.78. The first-order valence-electron chi connectivity index (χ1n) is 10.2. The summed E-state index contributed by atoms with van der Waals surface area (Å²) in [5.41, 5.74) is 7.74. The van der Waals surface area contributed by atoms with Crippen LogP contribution in [0.2, 0.25) is 0 Å². The zero-order chi connectivity index (χ0) is 23.1. The molecule has 32 heavy (non-hydrogen) atoms. The van der Waals surface area contributed by atoms with Crippen LogP contribution in [-0.2, 0) is 4.79 Å². The third kappa shape index (κ3) is 5.51.